The van der Waals surface area contributed by atoms with Crippen LogP contribution in [0.25, 0.3) is 0 Å². The molecule has 2 fully saturated rings. The fraction of sp³-hybridized carbons (Fsp3) is 0.867. The van der Waals surface area contributed by atoms with E-state index in [2.05, 4.69) is 5.32 Å². The van der Waals surface area contributed by atoms with E-state index in [9.17, 15) is 19.8 Å². The van der Waals surface area contributed by atoms with Gasteiger partial charge in [0, 0.05) is 12.5 Å². The van der Waals surface area contributed by atoms with Crippen LogP contribution in [0, 0.1) is 0 Å². The highest BCUT2D eigenvalue weighted by Crippen LogP contribution is 2.22. The first-order valence-electron chi connectivity index (χ1n) is 8.00. The normalized spacial score (nSPS) is 30.4. The molecule has 1 aliphatic heterocycles. The number of β-amino-alcohol motifs (C(OH)–C–C–N with tert-alkyl or cyclic N) is 1. The van der Waals surface area contributed by atoms with Crippen molar-refractivity contribution in [3.63, 3.8) is 0 Å². The van der Waals surface area contributed by atoms with Crippen LogP contribution in [0.15, 0.2) is 0 Å². The Morgan fingerprint density at radius 3 is 2.48 bits per heavy atom. The number of likely N-dealkylation sites (tertiary alicyclic amines) is 1. The van der Waals surface area contributed by atoms with Gasteiger partial charge in [-0.3, -0.25) is 9.59 Å². The Hall–Kier alpha value is -1.14. The quantitative estimate of drug-likeness (QED) is 0.690. The average molecular weight is 298 g/mol. The molecule has 0 bridgehead atoms. The highest BCUT2D eigenvalue weighted by atomic mass is 16.3. The van der Waals surface area contributed by atoms with Crippen molar-refractivity contribution in [2.45, 2.75) is 76.2 Å². The summed E-state index contributed by atoms with van der Waals surface area (Å²) in [6.45, 7) is 1.92. The van der Waals surface area contributed by atoms with E-state index in [1.54, 1.807) is 0 Å². The molecule has 3 atom stereocenters. The molecule has 0 aromatic rings. The molecule has 1 aliphatic carbocycles. The van der Waals surface area contributed by atoms with E-state index < -0.39 is 18.2 Å². The summed E-state index contributed by atoms with van der Waals surface area (Å²) in [6.07, 6.45) is 4.03. The van der Waals surface area contributed by atoms with Crippen LogP contribution in [-0.4, -0.2) is 57.8 Å². The van der Waals surface area contributed by atoms with E-state index in [4.69, 9.17) is 0 Å². The van der Waals surface area contributed by atoms with Gasteiger partial charge >= 0.3 is 0 Å². The SMILES string of the molecule is CCCC(=O)N1C[C@H](O)[C@@H](O)C1C(=O)NC1CCCCC1. The summed E-state index contributed by atoms with van der Waals surface area (Å²) in [6, 6.07) is -0.833. The fourth-order valence-electron chi connectivity index (χ4n) is 3.26. The Bertz CT molecular complexity index is 382. The lowest BCUT2D eigenvalue weighted by atomic mass is 9.95. The van der Waals surface area contributed by atoms with Gasteiger partial charge in [-0.1, -0.05) is 26.2 Å². The molecule has 1 unspecified atom stereocenters. The number of nitrogens with zero attached hydrogens (tertiary/aromatic N) is 1. The second kappa shape index (κ2) is 7.22. The number of amides is 2. The summed E-state index contributed by atoms with van der Waals surface area (Å²) >= 11 is 0. The molecule has 1 heterocycles. The zero-order valence-corrected chi connectivity index (χ0v) is 12.6. The molecule has 21 heavy (non-hydrogen) atoms. The predicted octanol–water partition coefficient (Wildman–Crippen LogP) is 0.168. The molecule has 1 saturated heterocycles. The van der Waals surface area contributed by atoms with Crippen molar-refractivity contribution >= 4 is 11.8 Å². The predicted molar refractivity (Wildman–Crippen MR) is 77.4 cm³/mol. The van der Waals surface area contributed by atoms with Crippen molar-refractivity contribution < 1.29 is 19.8 Å². The summed E-state index contributed by atoms with van der Waals surface area (Å²) in [4.78, 5) is 25.8. The number of carbonyl (C=O) groups excluding carboxylic acids is 2. The molecule has 2 aliphatic rings. The third-order valence-electron chi connectivity index (χ3n) is 4.44. The van der Waals surface area contributed by atoms with Crippen molar-refractivity contribution in [1.29, 1.82) is 0 Å². The van der Waals surface area contributed by atoms with Crippen LogP contribution in [0.2, 0.25) is 0 Å². The number of aliphatic hydroxyl groups excluding tert-OH is 2. The van der Waals surface area contributed by atoms with E-state index in [0.29, 0.717) is 12.8 Å². The first-order chi connectivity index (χ1) is 10.0. The first kappa shape index (κ1) is 16.2. The lowest BCUT2D eigenvalue weighted by Crippen LogP contribution is -2.53. The van der Waals surface area contributed by atoms with Gasteiger partial charge in [-0.25, -0.2) is 0 Å². The van der Waals surface area contributed by atoms with Gasteiger partial charge in [-0.2, -0.15) is 0 Å². The van der Waals surface area contributed by atoms with Crippen LogP contribution in [-0.2, 0) is 9.59 Å². The first-order valence-corrected chi connectivity index (χ1v) is 8.00. The maximum Gasteiger partial charge on any atom is 0.245 e. The van der Waals surface area contributed by atoms with E-state index in [1.165, 1.54) is 11.3 Å². The molecule has 2 rings (SSSR count). The van der Waals surface area contributed by atoms with Gasteiger partial charge in [-0.15, -0.1) is 0 Å². The summed E-state index contributed by atoms with van der Waals surface area (Å²) in [5, 5.41) is 22.8. The Balaban J connectivity index is 2.02. The zero-order chi connectivity index (χ0) is 15.4. The Morgan fingerprint density at radius 1 is 1.19 bits per heavy atom. The zero-order valence-electron chi connectivity index (χ0n) is 12.6. The van der Waals surface area contributed by atoms with Crippen LogP contribution in [0.4, 0.5) is 0 Å². The van der Waals surface area contributed by atoms with Gasteiger partial charge < -0.3 is 20.4 Å². The minimum atomic E-state index is -1.20. The van der Waals surface area contributed by atoms with Crippen molar-refractivity contribution in [3.8, 4) is 0 Å². The van der Waals surface area contributed by atoms with Gasteiger partial charge in [0.05, 0.1) is 12.6 Å². The van der Waals surface area contributed by atoms with Gasteiger partial charge in [-0.05, 0) is 19.3 Å². The number of hydrogen-bond donors (Lipinski definition) is 3. The van der Waals surface area contributed by atoms with Crippen LogP contribution in [0.5, 0.6) is 0 Å². The third kappa shape index (κ3) is 3.74. The minimum absolute atomic E-state index is 0.0305. The molecule has 6 heteroatoms. The van der Waals surface area contributed by atoms with Crippen molar-refractivity contribution in [2.75, 3.05) is 6.54 Å². The molecule has 2 amide bonds. The van der Waals surface area contributed by atoms with E-state index in [0.717, 1.165) is 25.7 Å². The molecule has 3 N–H and O–H groups in total. The number of aliphatic hydroxyl groups is 2. The lowest BCUT2D eigenvalue weighted by molar-refractivity contribution is -0.141. The maximum absolute atomic E-state index is 12.4. The Kier molecular flexibility index (Phi) is 5.58. The monoisotopic (exact) mass is 298 g/mol. The second-order valence-corrected chi connectivity index (χ2v) is 6.14. The van der Waals surface area contributed by atoms with E-state index >= 15 is 0 Å². The van der Waals surface area contributed by atoms with Crippen LogP contribution in [0.3, 0.4) is 0 Å². The van der Waals surface area contributed by atoms with Crippen molar-refractivity contribution in [3.05, 3.63) is 0 Å². The van der Waals surface area contributed by atoms with Gasteiger partial charge in [0.15, 0.2) is 0 Å². The number of rotatable bonds is 4. The van der Waals surface area contributed by atoms with Gasteiger partial charge in [0.25, 0.3) is 0 Å². The molecule has 0 spiro atoms. The molecule has 0 aromatic carbocycles. The molecular weight excluding hydrogens is 272 g/mol. The molecule has 0 radical (unpaired) electrons. The number of nitrogens with one attached hydrogen (secondary N) is 1. The van der Waals surface area contributed by atoms with Crippen LogP contribution < -0.4 is 5.32 Å². The Labute approximate surface area is 125 Å². The summed E-state index contributed by atoms with van der Waals surface area (Å²) in [7, 11) is 0. The van der Waals surface area contributed by atoms with E-state index in [-0.39, 0.29) is 24.4 Å². The van der Waals surface area contributed by atoms with Crippen LogP contribution in [0.1, 0.15) is 51.9 Å². The third-order valence-corrected chi connectivity index (χ3v) is 4.44. The number of carbonyl (C=O) groups is 2. The largest absolute Gasteiger partial charge is 0.388 e. The van der Waals surface area contributed by atoms with Crippen LogP contribution >= 0.6 is 0 Å². The standard InChI is InChI=1S/C15H26N2O4/c1-2-6-12(19)17-9-11(18)14(20)13(17)15(21)16-10-7-4-3-5-8-10/h10-11,13-14,18,20H,2-9H2,1H3,(H,16,21)/t11-,13?,14+/m0/s1. The molecule has 0 aromatic heterocycles. The van der Waals surface area contributed by atoms with Gasteiger partial charge in [0.1, 0.15) is 12.1 Å². The van der Waals surface area contributed by atoms with E-state index in [1.807, 2.05) is 6.92 Å². The fourth-order valence-corrected chi connectivity index (χ4v) is 3.26. The lowest BCUT2D eigenvalue weighted by Gasteiger charge is -2.29. The smallest absolute Gasteiger partial charge is 0.245 e. The minimum Gasteiger partial charge on any atom is -0.388 e. The summed E-state index contributed by atoms with van der Waals surface area (Å²) in [5.41, 5.74) is 0. The van der Waals surface area contributed by atoms with Crippen molar-refractivity contribution in [2.24, 2.45) is 0 Å². The highest BCUT2D eigenvalue weighted by molar-refractivity contribution is 5.89. The summed E-state index contributed by atoms with van der Waals surface area (Å²) < 4.78 is 0. The second-order valence-electron chi connectivity index (χ2n) is 6.14. The molecular formula is C15H26N2O4. The summed E-state index contributed by atoms with van der Waals surface area (Å²) in [5.74, 6) is -0.521. The topological polar surface area (TPSA) is 89.9 Å². The molecule has 6 nitrogen and oxygen atoms in total. The highest BCUT2D eigenvalue weighted by Gasteiger charge is 2.46. The van der Waals surface area contributed by atoms with Crippen molar-refractivity contribution in [1.82, 2.24) is 10.2 Å². The Morgan fingerprint density at radius 2 is 1.86 bits per heavy atom. The molecule has 120 valence electrons. The van der Waals surface area contributed by atoms with Gasteiger partial charge in [0.2, 0.25) is 11.8 Å². The number of hydrogen-bond acceptors (Lipinski definition) is 4. The average Bonchev–Trinajstić information content (AvgIpc) is 2.76. The maximum atomic E-state index is 12.4. The molecule has 1 saturated carbocycles.